The van der Waals surface area contributed by atoms with Crippen LogP contribution >= 0.6 is 11.6 Å². The number of nitrogens with zero attached hydrogens (tertiary/aromatic N) is 3. The average molecular weight is 195 g/mol. The summed E-state index contributed by atoms with van der Waals surface area (Å²) in [5.74, 6) is 0. The van der Waals surface area contributed by atoms with Gasteiger partial charge in [-0.3, -0.25) is 4.57 Å². The van der Waals surface area contributed by atoms with Crippen LogP contribution in [0.5, 0.6) is 0 Å². The second kappa shape index (κ2) is 3.06. The Balaban J connectivity index is 2.53. The Bertz CT molecular complexity index is 410. The van der Waals surface area contributed by atoms with E-state index in [-0.39, 0.29) is 0 Å². The summed E-state index contributed by atoms with van der Waals surface area (Å²) in [5, 5.41) is 7.95. The largest absolute Gasteiger partial charge is 0.399 e. The summed E-state index contributed by atoms with van der Waals surface area (Å²) in [6.45, 7) is 0. The molecule has 2 N–H and O–H groups in total. The third-order valence-electron chi connectivity index (χ3n) is 1.67. The van der Waals surface area contributed by atoms with Crippen LogP contribution in [0.4, 0.5) is 5.69 Å². The zero-order valence-corrected chi connectivity index (χ0v) is 7.44. The lowest BCUT2D eigenvalue weighted by molar-refractivity contribution is 1.06. The number of hydrogen-bond acceptors (Lipinski definition) is 3. The zero-order chi connectivity index (χ0) is 9.26. The standard InChI is InChI=1S/C8H7ClN4/c9-7-3-6(10)1-2-8(7)13-4-11-12-5-13/h1-5H,10H2. The number of aromatic nitrogens is 3. The average Bonchev–Trinajstić information content (AvgIpc) is 2.56. The molecule has 0 saturated heterocycles. The van der Waals surface area contributed by atoms with Crippen LogP contribution in [0.15, 0.2) is 30.9 Å². The minimum atomic E-state index is 0.583. The molecule has 0 fully saturated rings. The molecule has 0 radical (unpaired) electrons. The van der Waals surface area contributed by atoms with Gasteiger partial charge < -0.3 is 5.73 Å². The maximum atomic E-state index is 5.96. The van der Waals surface area contributed by atoms with E-state index >= 15 is 0 Å². The van der Waals surface area contributed by atoms with Crippen LogP contribution in [0.3, 0.4) is 0 Å². The van der Waals surface area contributed by atoms with Crippen molar-refractivity contribution in [3.8, 4) is 5.69 Å². The molecule has 0 bridgehead atoms. The van der Waals surface area contributed by atoms with Crippen molar-refractivity contribution in [3.63, 3.8) is 0 Å². The lowest BCUT2D eigenvalue weighted by atomic mass is 10.3. The number of anilines is 1. The summed E-state index contributed by atoms with van der Waals surface area (Å²) in [4.78, 5) is 0. The first-order chi connectivity index (χ1) is 6.27. The number of halogens is 1. The van der Waals surface area contributed by atoms with Crippen LogP contribution in [0.25, 0.3) is 5.69 Å². The van der Waals surface area contributed by atoms with Gasteiger partial charge in [0.2, 0.25) is 0 Å². The molecule has 0 atom stereocenters. The van der Waals surface area contributed by atoms with Crippen LogP contribution in [0.2, 0.25) is 5.02 Å². The Hall–Kier alpha value is -1.55. The predicted molar refractivity (Wildman–Crippen MR) is 50.8 cm³/mol. The SMILES string of the molecule is Nc1ccc(-n2cnnc2)c(Cl)c1. The first-order valence-electron chi connectivity index (χ1n) is 3.67. The molecular weight excluding hydrogens is 188 g/mol. The van der Waals surface area contributed by atoms with Gasteiger partial charge in [0.05, 0.1) is 10.7 Å². The first kappa shape index (κ1) is 8.07. The maximum Gasteiger partial charge on any atom is 0.123 e. The van der Waals surface area contributed by atoms with E-state index in [0.717, 1.165) is 5.69 Å². The van der Waals surface area contributed by atoms with Crippen molar-refractivity contribution < 1.29 is 0 Å². The molecule has 1 aromatic carbocycles. The van der Waals surface area contributed by atoms with E-state index in [4.69, 9.17) is 17.3 Å². The summed E-state index contributed by atoms with van der Waals surface area (Å²) in [6, 6.07) is 5.29. The molecule has 13 heavy (non-hydrogen) atoms. The molecule has 0 unspecified atom stereocenters. The summed E-state index contributed by atoms with van der Waals surface area (Å²) in [7, 11) is 0. The molecule has 2 aromatic rings. The summed E-state index contributed by atoms with van der Waals surface area (Å²) < 4.78 is 1.72. The number of rotatable bonds is 1. The smallest absolute Gasteiger partial charge is 0.123 e. The third kappa shape index (κ3) is 1.48. The molecule has 1 heterocycles. The van der Waals surface area contributed by atoms with Crippen molar-refractivity contribution in [3.05, 3.63) is 35.9 Å². The fourth-order valence-electron chi connectivity index (χ4n) is 1.06. The molecular formula is C8H7ClN4. The van der Waals surface area contributed by atoms with Gasteiger partial charge in [0.15, 0.2) is 0 Å². The predicted octanol–water partition coefficient (Wildman–Crippen LogP) is 1.50. The second-order valence-corrected chi connectivity index (χ2v) is 2.99. The van der Waals surface area contributed by atoms with E-state index in [0.29, 0.717) is 10.7 Å². The molecule has 4 nitrogen and oxygen atoms in total. The van der Waals surface area contributed by atoms with Crippen LogP contribution in [-0.2, 0) is 0 Å². The Kier molecular flexibility index (Phi) is 1.90. The lowest BCUT2D eigenvalue weighted by Gasteiger charge is -2.03. The molecule has 0 spiro atoms. The van der Waals surface area contributed by atoms with Gasteiger partial charge in [-0.25, -0.2) is 0 Å². The molecule has 0 aliphatic rings. The number of benzene rings is 1. The highest BCUT2D eigenvalue weighted by Gasteiger charge is 2.01. The van der Waals surface area contributed by atoms with Crippen molar-refractivity contribution in [2.45, 2.75) is 0 Å². The fourth-order valence-corrected chi connectivity index (χ4v) is 1.34. The fraction of sp³-hybridized carbons (Fsp3) is 0. The van der Waals surface area contributed by atoms with Gasteiger partial charge in [-0.05, 0) is 18.2 Å². The van der Waals surface area contributed by atoms with Gasteiger partial charge >= 0.3 is 0 Å². The van der Waals surface area contributed by atoms with E-state index in [1.807, 2.05) is 6.07 Å². The molecule has 5 heteroatoms. The van der Waals surface area contributed by atoms with Gasteiger partial charge in [-0.15, -0.1) is 10.2 Å². The first-order valence-corrected chi connectivity index (χ1v) is 4.05. The topological polar surface area (TPSA) is 56.7 Å². The summed E-state index contributed by atoms with van der Waals surface area (Å²) in [5.41, 5.74) is 7.02. The van der Waals surface area contributed by atoms with Crippen molar-refractivity contribution in [1.29, 1.82) is 0 Å². The van der Waals surface area contributed by atoms with Gasteiger partial charge in [0, 0.05) is 5.69 Å². The monoisotopic (exact) mass is 194 g/mol. The zero-order valence-electron chi connectivity index (χ0n) is 6.68. The van der Waals surface area contributed by atoms with Crippen molar-refractivity contribution >= 4 is 17.3 Å². The van der Waals surface area contributed by atoms with Crippen molar-refractivity contribution in [1.82, 2.24) is 14.8 Å². The molecule has 66 valence electrons. The third-order valence-corrected chi connectivity index (χ3v) is 1.97. The van der Waals surface area contributed by atoms with E-state index in [1.165, 1.54) is 0 Å². The second-order valence-electron chi connectivity index (χ2n) is 2.58. The van der Waals surface area contributed by atoms with E-state index in [2.05, 4.69) is 10.2 Å². The van der Waals surface area contributed by atoms with Gasteiger partial charge in [0.1, 0.15) is 12.7 Å². The number of nitrogens with two attached hydrogens (primary N) is 1. The Morgan fingerprint density at radius 1 is 1.23 bits per heavy atom. The van der Waals surface area contributed by atoms with E-state index in [1.54, 1.807) is 29.4 Å². The lowest BCUT2D eigenvalue weighted by Crippen LogP contribution is -1.92. The van der Waals surface area contributed by atoms with Crippen LogP contribution in [0.1, 0.15) is 0 Å². The quantitative estimate of drug-likeness (QED) is 0.700. The highest BCUT2D eigenvalue weighted by atomic mass is 35.5. The van der Waals surface area contributed by atoms with Crippen molar-refractivity contribution in [2.75, 3.05) is 5.73 Å². The summed E-state index contributed by atoms with van der Waals surface area (Å²) in [6.07, 6.45) is 3.16. The van der Waals surface area contributed by atoms with Gasteiger partial charge in [-0.1, -0.05) is 11.6 Å². The number of nitrogen functional groups attached to an aromatic ring is 1. The Morgan fingerprint density at radius 2 is 1.92 bits per heavy atom. The van der Waals surface area contributed by atoms with Crippen LogP contribution in [-0.4, -0.2) is 14.8 Å². The maximum absolute atomic E-state index is 5.96. The molecule has 0 aliphatic heterocycles. The van der Waals surface area contributed by atoms with Crippen LogP contribution < -0.4 is 5.73 Å². The van der Waals surface area contributed by atoms with Crippen LogP contribution in [0, 0.1) is 0 Å². The minimum absolute atomic E-state index is 0.583. The molecule has 0 saturated carbocycles. The molecule has 0 aliphatic carbocycles. The molecule has 0 amide bonds. The number of hydrogen-bond donors (Lipinski definition) is 1. The highest BCUT2D eigenvalue weighted by Crippen LogP contribution is 2.22. The van der Waals surface area contributed by atoms with Gasteiger partial charge in [-0.2, -0.15) is 0 Å². The van der Waals surface area contributed by atoms with E-state index < -0.39 is 0 Å². The highest BCUT2D eigenvalue weighted by molar-refractivity contribution is 6.32. The van der Waals surface area contributed by atoms with E-state index in [9.17, 15) is 0 Å². The normalized spacial score (nSPS) is 10.2. The Labute approximate surface area is 80.0 Å². The summed E-state index contributed by atoms with van der Waals surface area (Å²) >= 11 is 5.96. The van der Waals surface area contributed by atoms with Crippen molar-refractivity contribution in [2.24, 2.45) is 0 Å². The Morgan fingerprint density at radius 3 is 2.54 bits per heavy atom. The minimum Gasteiger partial charge on any atom is -0.399 e. The molecule has 1 aromatic heterocycles. The molecule has 2 rings (SSSR count). The van der Waals surface area contributed by atoms with Gasteiger partial charge in [0.25, 0.3) is 0 Å².